The first-order chi connectivity index (χ1) is 16.8. The van der Waals surface area contributed by atoms with Gasteiger partial charge in [-0.2, -0.15) is 18.3 Å². The van der Waals surface area contributed by atoms with Crippen molar-refractivity contribution in [2.24, 2.45) is 5.92 Å². The highest BCUT2D eigenvalue weighted by atomic mass is 19.4. The molecule has 0 saturated carbocycles. The van der Waals surface area contributed by atoms with Crippen LogP contribution in [0.25, 0.3) is 28.1 Å². The third kappa shape index (κ3) is 3.96. The predicted octanol–water partition coefficient (Wildman–Crippen LogP) is 3.01. The minimum atomic E-state index is -4.90. The van der Waals surface area contributed by atoms with Crippen LogP contribution in [0.4, 0.5) is 13.2 Å². The molecule has 0 aliphatic carbocycles. The molecule has 5 heterocycles. The number of nitrogens with zero attached hydrogens (tertiary/aromatic N) is 6. The molecule has 4 aromatic heterocycles. The van der Waals surface area contributed by atoms with E-state index in [2.05, 4.69) is 25.0 Å². The third-order valence-corrected chi connectivity index (χ3v) is 6.43. The Morgan fingerprint density at radius 2 is 1.91 bits per heavy atom. The van der Waals surface area contributed by atoms with Crippen molar-refractivity contribution in [1.29, 1.82) is 0 Å². The number of piperidine rings is 1. The highest BCUT2D eigenvalue weighted by Gasteiger charge is 2.59. The van der Waals surface area contributed by atoms with Crippen molar-refractivity contribution < 1.29 is 23.1 Å². The van der Waals surface area contributed by atoms with Gasteiger partial charge in [0.15, 0.2) is 17.1 Å². The molecule has 4 aromatic rings. The van der Waals surface area contributed by atoms with Gasteiger partial charge in [0.1, 0.15) is 5.94 Å². The minimum absolute atomic E-state index is 0.0620. The van der Waals surface area contributed by atoms with Gasteiger partial charge >= 0.3 is 6.18 Å². The van der Waals surface area contributed by atoms with Gasteiger partial charge < -0.3 is 15.0 Å². The Morgan fingerprint density at radius 3 is 2.60 bits per heavy atom. The molecule has 0 amide bonds. The number of imidazole rings is 1. The van der Waals surface area contributed by atoms with Crippen LogP contribution in [0.1, 0.15) is 18.4 Å². The summed E-state index contributed by atoms with van der Waals surface area (Å²) in [5, 5.41) is 15.2. The highest BCUT2D eigenvalue weighted by molar-refractivity contribution is 5.88. The van der Waals surface area contributed by atoms with E-state index in [0.717, 1.165) is 22.8 Å². The molecule has 1 atom stereocenters. The van der Waals surface area contributed by atoms with Gasteiger partial charge in [0, 0.05) is 54.3 Å². The summed E-state index contributed by atoms with van der Waals surface area (Å²) in [6, 6.07) is 4.43. The topological polar surface area (TPSA) is 113 Å². The second kappa shape index (κ2) is 8.64. The molecule has 180 valence electrons. The largest absolute Gasteiger partial charge is 0.421 e. The van der Waals surface area contributed by atoms with Gasteiger partial charge in [-0.1, -0.05) is 6.07 Å². The summed E-state index contributed by atoms with van der Waals surface area (Å²) in [5.74, 6) is 0.853. The molecule has 1 unspecified atom stereocenters. The van der Waals surface area contributed by atoms with Crippen LogP contribution in [0.15, 0.2) is 55.5 Å². The van der Waals surface area contributed by atoms with Crippen LogP contribution in [-0.4, -0.2) is 64.9 Å². The number of pyridine rings is 2. The van der Waals surface area contributed by atoms with Gasteiger partial charge in [-0.25, -0.2) is 24.4 Å². The van der Waals surface area contributed by atoms with Gasteiger partial charge in [-0.05, 0) is 25.0 Å². The molecule has 2 N–H and O–H groups in total. The number of aromatic nitrogens is 6. The number of H-pyrrole nitrogens is 1. The van der Waals surface area contributed by atoms with Crippen LogP contribution < -0.4 is 0 Å². The zero-order valence-electron chi connectivity index (χ0n) is 18.3. The van der Waals surface area contributed by atoms with Crippen LogP contribution in [0, 0.1) is 5.92 Å². The molecule has 35 heavy (non-hydrogen) atoms. The van der Waals surface area contributed by atoms with E-state index in [1.165, 1.54) is 29.3 Å². The number of alkyl halides is 3. The molecule has 5 rings (SSSR count). The van der Waals surface area contributed by atoms with Crippen LogP contribution in [0.3, 0.4) is 0 Å². The second-order valence-electron chi connectivity index (χ2n) is 8.36. The number of hydrogen-bond donors (Lipinski definition) is 2. The maximum Gasteiger partial charge on any atom is 0.421 e. The Kier molecular flexibility index (Phi) is 5.62. The van der Waals surface area contributed by atoms with E-state index in [1.807, 2.05) is 0 Å². The fourth-order valence-corrected chi connectivity index (χ4v) is 4.58. The molecular weight excluding hydrogens is 463 g/mol. The quantitative estimate of drug-likeness (QED) is 0.420. The first-order valence-corrected chi connectivity index (χ1v) is 10.9. The van der Waals surface area contributed by atoms with Gasteiger partial charge in [0.25, 0.3) is 0 Å². The van der Waals surface area contributed by atoms with E-state index < -0.39 is 17.7 Å². The van der Waals surface area contributed by atoms with Crippen molar-refractivity contribution in [3.05, 3.63) is 61.1 Å². The maximum absolute atomic E-state index is 14.1. The van der Waals surface area contributed by atoms with E-state index >= 15 is 0 Å². The number of aliphatic hydroxyl groups is 1. The predicted molar refractivity (Wildman–Crippen MR) is 119 cm³/mol. The summed E-state index contributed by atoms with van der Waals surface area (Å²) in [6.45, 7) is 0.441. The van der Waals surface area contributed by atoms with Gasteiger partial charge in [-0.3, -0.25) is 0 Å². The summed E-state index contributed by atoms with van der Waals surface area (Å²) in [6.07, 6.45) is 3.92. The van der Waals surface area contributed by atoms with Crippen LogP contribution >= 0.6 is 0 Å². The molecule has 1 aliphatic heterocycles. The fraction of sp³-hybridized carbons (Fsp3) is 0.304. The molecule has 1 saturated heterocycles. The Labute approximate surface area is 197 Å². The van der Waals surface area contributed by atoms with Crippen LogP contribution in [0.5, 0.6) is 0 Å². The molecule has 1 aliphatic rings. The molecule has 0 bridgehead atoms. The SMILES string of the molecule is O=C=CN1CCC(C(O)(c2ccc(-n3cc(-c4ccnc5nc[nH]c45)cn3)nc2)C(F)(F)F)CC1. The summed E-state index contributed by atoms with van der Waals surface area (Å²) < 4.78 is 43.9. The van der Waals surface area contributed by atoms with E-state index in [1.54, 1.807) is 35.5 Å². The number of hydrogen-bond acceptors (Lipinski definition) is 7. The number of likely N-dealkylation sites (tertiary alicyclic amines) is 1. The molecule has 0 radical (unpaired) electrons. The van der Waals surface area contributed by atoms with Crippen molar-refractivity contribution in [2.45, 2.75) is 24.6 Å². The first kappa shape index (κ1) is 22.8. The Hall–Kier alpha value is -4.02. The first-order valence-electron chi connectivity index (χ1n) is 10.9. The molecule has 9 nitrogen and oxygen atoms in total. The lowest BCUT2D eigenvalue weighted by Crippen LogP contribution is -2.51. The van der Waals surface area contributed by atoms with Crippen molar-refractivity contribution in [3.8, 4) is 16.9 Å². The molecule has 0 aromatic carbocycles. The van der Waals surface area contributed by atoms with Crippen LogP contribution in [-0.2, 0) is 10.4 Å². The smallest absolute Gasteiger partial charge is 0.376 e. The second-order valence-corrected chi connectivity index (χ2v) is 8.36. The third-order valence-electron chi connectivity index (χ3n) is 6.43. The highest BCUT2D eigenvalue weighted by Crippen LogP contribution is 2.48. The van der Waals surface area contributed by atoms with Crippen molar-refractivity contribution in [2.75, 3.05) is 13.1 Å². The number of fused-ring (bicyclic) bond motifs is 1. The van der Waals surface area contributed by atoms with Crippen LogP contribution in [0.2, 0.25) is 0 Å². The van der Waals surface area contributed by atoms with E-state index in [-0.39, 0.29) is 31.5 Å². The lowest BCUT2D eigenvalue weighted by molar-refractivity contribution is -0.290. The van der Waals surface area contributed by atoms with E-state index in [4.69, 9.17) is 0 Å². The Morgan fingerprint density at radius 1 is 1.11 bits per heavy atom. The lowest BCUT2D eigenvalue weighted by Gasteiger charge is -2.42. The number of aromatic amines is 1. The zero-order valence-corrected chi connectivity index (χ0v) is 18.3. The Balaban J connectivity index is 1.42. The minimum Gasteiger partial charge on any atom is -0.376 e. The summed E-state index contributed by atoms with van der Waals surface area (Å²) in [5.41, 5.74) is -0.544. The van der Waals surface area contributed by atoms with Crippen molar-refractivity contribution >= 4 is 17.1 Å². The Bertz CT molecular complexity index is 1380. The molecule has 12 heteroatoms. The summed E-state index contributed by atoms with van der Waals surface area (Å²) in [7, 11) is 0. The monoisotopic (exact) mass is 483 g/mol. The molecular formula is C23H20F3N7O2. The van der Waals surface area contributed by atoms with Crippen molar-refractivity contribution in [3.63, 3.8) is 0 Å². The fourth-order valence-electron chi connectivity index (χ4n) is 4.58. The van der Waals surface area contributed by atoms with Gasteiger partial charge in [0.2, 0.25) is 0 Å². The van der Waals surface area contributed by atoms with E-state index in [9.17, 15) is 23.1 Å². The standard InChI is InChI=1S/C23H20F3N7O2/c24-23(25,26)22(35,16-4-7-32(8-5-16)9-10-34)17-1-2-19(28-12-17)33-13-15(11-31-33)18-3-6-27-21-20(18)29-14-30-21/h1-3,6,9,11-14,16,35H,4-5,7-8H2,(H,27,29,30). The average Bonchev–Trinajstić information content (AvgIpc) is 3.54. The van der Waals surface area contributed by atoms with Gasteiger partial charge in [0.05, 0.1) is 24.2 Å². The maximum atomic E-state index is 14.1. The number of rotatable bonds is 5. The van der Waals surface area contributed by atoms with Gasteiger partial charge in [-0.15, -0.1) is 0 Å². The van der Waals surface area contributed by atoms with E-state index in [0.29, 0.717) is 11.5 Å². The number of halogens is 3. The number of nitrogens with one attached hydrogen (secondary N) is 1. The summed E-state index contributed by atoms with van der Waals surface area (Å²) >= 11 is 0. The summed E-state index contributed by atoms with van der Waals surface area (Å²) in [4.78, 5) is 27.6. The molecule has 0 spiro atoms. The number of carbonyl (C=O) groups excluding carboxylic acids is 1. The lowest BCUT2D eigenvalue weighted by atomic mass is 9.76. The average molecular weight is 483 g/mol. The molecule has 1 fully saturated rings. The zero-order chi connectivity index (χ0) is 24.6. The van der Waals surface area contributed by atoms with Crippen molar-refractivity contribution in [1.82, 2.24) is 34.6 Å². The normalized spacial score (nSPS) is 16.7.